The molecule has 0 bridgehead atoms. The molecule has 1 atom stereocenters. The molecule has 17 heavy (non-hydrogen) atoms. The molecule has 1 N–H and O–H groups in total. The van der Waals surface area contributed by atoms with Gasteiger partial charge in [-0.1, -0.05) is 0 Å². The Morgan fingerprint density at radius 1 is 1.35 bits per heavy atom. The van der Waals surface area contributed by atoms with Crippen LogP contribution in [0.4, 0.5) is 5.82 Å². The van der Waals surface area contributed by atoms with Gasteiger partial charge in [0.2, 0.25) is 0 Å². The van der Waals surface area contributed by atoms with Crippen LogP contribution in [0.3, 0.4) is 0 Å². The average Bonchev–Trinajstić information content (AvgIpc) is 2.26. The van der Waals surface area contributed by atoms with E-state index in [1.807, 2.05) is 26.0 Å². The quantitative estimate of drug-likeness (QED) is 0.823. The van der Waals surface area contributed by atoms with E-state index in [4.69, 9.17) is 4.74 Å². The first-order chi connectivity index (χ1) is 8.00. The molecular weight excluding hydrogens is 214 g/mol. The lowest BCUT2D eigenvalue weighted by atomic mass is 10.3. The second-order valence-electron chi connectivity index (χ2n) is 4.71. The number of rotatable bonds is 6. The van der Waals surface area contributed by atoms with Crippen LogP contribution in [0.2, 0.25) is 0 Å². The van der Waals surface area contributed by atoms with Crippen molar-refractivity contribution in [2.75, 3.05) is 26.0 Å². The molecule has 0 spiro atoms. The molecule has 0 saturated carbocycles. The van der Waals surface area contributed by atoms with Crippen molar-refractivity contribution in [2.24, 2.45) is 0 Å². The van der Waals surface area contributed by atoms with Gasteiger partial charge in [0.25, 0.3) is 0 Å². The van der Waals surface area contributed by atoms with Gasteiger partial charge in [-0.2, -0.15) is 0 Å². The minimum Gasteiger partial charge on any atom is -0.487 e. The van der Waals surface area contributed by atoms with Gasteiger partial charge in [0.15, 0.2) is 11.6 Å². The van der Waals surface area contributed by atoms with E-state index in [9.17, 15) is 0 Å². The van der Waals surface area contributed by atoms with Crippen LogP contribution in [0, 0.1) is 0 Å². The topological polar surface area (TPSA) is 37.4 Å². The van der Waals surface area contributed by atoms with Gasteiger partial charge in [-0.15, -0.1) is 0 Å². The Kier molecular flexibility index (Phi) is 5.22. The molecule has 0 aromatic carbocycles. The van der Waals surface area contributed by atoms with Gasteiger partial charge >= 0.3 is 0 Å². The van der Waals surface area contributed by atoms with Crippen LogP contribution >= 0.6 is 0 Å². The summed E-state index contributed by atoms with van der Waals surface area (Å²) < 4.78 is 5.70. The van der Waals surface area contributed by atoms with E-state index in [0.717, 1.165) is 18.1 Å². The Labute approximate surface area is 104 Å². The molecule has 1 aromatic rings. The van der Waals surface area contributed by atoms with Crippen molar-refractivity contribution in [3.63, 3.8) is 0 Å². The number of nitrogens with zero attached hydrogens (tertiary/aromatic N) is 2. The second kappa shape index (κ2) is 6.45. The molecule has 1 rings (SSSR count). The summed E-state index contributed by atoms with van der Waals surface area (Å²) in [5.41, 5.74) is 0. The number of pyridine rings is 1. The van der Waals surface area contributed by atoms with Crippen molar-refractivity contribution in [1.29, 1.82) is 0 Å². The highest BCUT2D eigenvalue weighted by Gasteiger charge is 2.08. The van der Waals surface area contributed by atoms with Crippen molar-refractivity contribution < 1.29 is 4.74 Å². The minimum atomic E-state index is 0.158. The maximum atomic E-state index is 5.70. The highest BCUT2D eigenvalue weighted by Crippen LogP contribution is 2.21. The summed E-state index contributed by atoms with van der Waals surface area (Å²) in [7, 11) is 4.13. The summed E-state index contributed by atoms with van der Waals surface area (Å²) in [4.78, 5) is 6.47. The number of likely N-dealkylation sites (N-methyl/N-ethyl adjacent to an activating group) is 1. The Morgan fingerprint density at radius 3 is 2.65 bits per heavy atom. The van der Waals surface area contributed by atoms with E-state index >= 15 is 0 Å². The highest BCUT2D eigenvalue weighted by atomic mass is 16.5. The molecule has 0 saturated heterocycles. The smallest absolute Gasteiger partial charge is 0.168 e. The molecule has 4 heteroatoms. The van der Waals surface area contributed by atoms with Gasteiger partial charge in [-0.3, -0.25) is 0 Å². The third kappa shape index (κ3) is 4.61. The fraction of sp³-hybridized carbons (Fsp3) is 0.615. The molecule has 1 heterocycles. The SMILES string of the molecule is CC(C)Oc1cccnc1NCC(C)N(C)C. The lowest BCUT2D eigenvalue weighted by molar-refractivity contribution is 0.242. The lowest BCUT2D eigenvalue weighted by Gasteiger charge is -2.21. The number of hydrogen-bond acceptors (Lipinski definition) is 4. The van der Waals surface area contributed by atoms with Crippen molar-refractivity contribution in [2.45, 2.75) is 32.9 Å². The fourth-order valence-electron chi connectivity index (χ4n) is 1.30. The standard InChI is InChI=1S/C13H23N3O/c1-10(2)17-12-7-6-8-14-13(12)15-9-11(3)16(4)5/h6-8,10-11H,9H2,1-5H3,(H,14,15). The summed E-state index contributed by atoms with van der Waals surface area (Å²) >= 11 is 0. The molecule has 96 valence electrons. The summed E-state index contributed by atoms with van der Waals surface area (Å²) in [6, 6.07) is 4.28. The third-order valence-corrected chi connectivity index (χ3v) is 2.58. The largest absolute Gasteiger partial charge is 0.487 e. The normalized spacial score (nSPS) is 12.9. The predicted molar refractivity (Wildman–Crippen MR) is 71.6 cm³/mol. The maximum absolute atomic E-state index is 5.70. The first-order valence-electron chi connectivity index (χ1n) is 6.02. The van der Waals surface area contributed by atoms with Gasteiger partial charge in [-0.25, -0.2) is 4.98 Å². The molecule has 0 aliphatic carbocycles. The number of hydrogen-bond donors (Lipinski definition) is 1. The van der Waals surface area contributed by atoms with Gasteiger partial charge in [-0.05, 0) is 47.0 Å². The van der Waals surface area contributed by atoms with E-state index in [0.29, 0.717) is 6.04 Å². The van der Waals surface area contributed by atoms with Crippen LogP contribution in [-0.4, -0.2) is 42.7 Å². The maximum Gasteiger partial charge on any atom is 0.168 e. The monoisotopic (exact) mass is 237 g/mol. The molecule has 0 fully saturated rings. The van der Waals surface area contributed by atoms with Crippen LogP contribution in [0.5, 0.6) is 5.75 Å². The molecule has 0 aliphatic rings. The molecule has 0 radical (unpaired) electrons. The molecular formula is C13H23N3O. The summed E-state index contributed by atoms with van der Waals surface area (Å²) in [5, 5.41) is 3.32. The number of nitrogens with one attached hydrogen (secondary N) is 1. The Hall–Kier alpha value is -1.29. The van der Waals surface area contributed by atoms with Crippen LogP contribution in [0.25, 0.3) is 0 Å². The van der Waals surface area contributed by atoms with Gasteiger partial charge in [0.05, 0.1) is 6.10 Å². The minimum absolute atomic E-state index is 0.158. The van der Waals surface area contributed by atoms with Crippen molar-refractivity contribution in [1.82, 2.24) is 9.88 Å². The number of ether oxygens (including phenoxy) is 1. The summed E-state index contributed by atoms with van der Waals surface area (Å²) in [6.07, 6.45) is 1.93. The zero-order chi connectivity index (χ0) is 12.8. The molecule has 0 aliphatic heterocycles. The predicted octanol–water partition coefficient (Wildman–Crippen LogP) is 2.23. The van der Waals surface area contributed by atoms with Gasteiger partial charge in [0, 0.05) is 18.8 Å². The van der Waals surface area contributed by atoms with Crippen LogP contribution < -0.4 is 10.1 Å². The Balaban J connectivity index is 2.63. The lowest BCUT2D eigenvalue weighted by Crippen LogP contribution is -2.31. The van der Waals surface area contributed by atoms with E-state index in [2.05, 4.69) is 36.2 Å². The van der Waals surface area contributed by atoms with E-state index < -0.39 is 0 Å². The highest BCUT2D eigenvalue weighted by molar-refractivity contribution is 5.49. The van der Waals surface area contributed by atoms with Crippen molar-refractivity contribution in [3.05, 3.63) is 18.3 Å². The molecule has 1 aromatic heterocycles. The van der Waals surface area contributed by atoms with Gasteiger partial charge < -0.3 is 15.0 Å². The van der Waals surface area contributed by atoms with Crippen LogP contribution in [-0.2, 0) is 0 Å². The average molecular weight is 237 g/mol. The summed E-state index contributed by atoms with van der Waals surface area (Å²) in [5.74, 6) is 1.63. The zero-order valence-corrected chi connectivity index (χ0v) is 11.4. The van der Waals surface area contributed by atoms with Crippen molar-refractivity contribution >= 4 is 5.82 Å². The van der Waals surface area contributed by atoms with Crippen molar-refractivity contribution in [3.8, 4) is 5.75 Å². The number of aromatic nitrogens is 1. The summed E-state index contributed by atoms with van der Waals surface area (Å²) in [6.45, 7) is 7.04. The van der Waals surface area contributed by atoms with Gasteiger partial charge in [0.1, 0.15) is 0 Å². The zero-order valence-electron chi connectivity index (χ0n) is 11.4. The van der Waals surface area contributed by atoms with E-state index in [1.165, 1.54) is 0 Å². The van der Waals surface area contributed by atoms with Crippen LogP contribution in [0.15, 0.2) is 18.3 Å². The molecule has 1 unspecified atom stereocenters. The molecule has 4 nitrogen and oxygen atoms in total. The van der Waals surface area contributed by atoms with E-state index in [-0.39, 0.29) is 6.10 Å². The first-order valence-corrected chi connectivity index (χ1v) is 6.02. The van der Waals surface area contributed by atoms with E-state index in [1.54, 1.807) is 6.20 Å². The Morgan fingerprint density at radius 2 is 2.06 bits per heavy atom. The first kappa shape index (κ1) is 13.8. The number of anilines is 1. The fourth-order valence-corrected chi connectivity index (χ4v) is 1.30. The van der Waals surface area contributed by atoms with Crippen LogP contribution in [0.1, 0.15) is 20.8 Å². The Bertz CT molecular complexity index is 339. The molecule has 0 amide bonds. The second-order valence-corrected chi connectivity index (χ2v) is 4.71. The third-order valence-electron chi connectivity index (χ3n) is 2.58.